The van der Waals surface area contributed by atoms with Gasteiger partial charge in [0.1, 0.15) is 12.0 Å². The van der Waals surface area contributed by atoms with Gasteiger partial charge in [0.2, 0.25) is 0 Å². The molecule has 5 nitrogen and oxygen atoms in total. The Kier molecular flexibility index (Phi) is 3.60. The molecule has 0 fully saturated rings. The highest BCUT2D eigenvalue weighted by Crippen LogP contribution is 1.98. The van der Waals surface area contributed by atoms with Crippen LogP contribution in [-0.4, -0.2) is 30.0 Å². The Labute approximate surface area is 80.5 Å². The number of rotatable bonds is 5. The molecule has 5 heteroatoms. The molecular formula is C9H10N2O3. The number of carbonyl (C=O) groups excluding carboxylic acids is 3. The van der Waals surface area contributed by atoms with Gasteiger partial charge < -0.3 is 15.1 Å². The number of hydrogen-bond acceptors (Lipinski definition) is 3. The Morgan fingerprint density at radius 3 is 2.79 bits per heavy atom. The normalized spacial score (nSPS) is 9.43. The van der Waals surface area contributed by atoms with Gasteiger partial charge in [0.05, 0.1) is 5.69 Å². The van der Waals surface area contributed by atoms with Gasteiger partial charge in [-0.05, 0) is 12.1 Å². The van der Waals surface area contributed by atoms with Crippen LogP contribution >= 0.6 is 0 Å². The summed E-state index contributed by atoms with van der Waals surface area (Å²) in [5.74, 6) is -0.319. The predicted octanol–water partition coefficient (Wildman–Crippen LogP) is 0.146. The minimum absolute atomic E-state index is 0.285. The molecule has 0 unspecified atom stereocenters. The number of hydrogen-bond donors (Lipinski definition) is 2. The van der Waals surface area contributed by atoms with Crippen molar-refractivity contribution in [2.75, 3.05) is 6.54 Å². The molecule has 0 aromatic carbocycles. The molecule has 0 aliphatic heterocycles. The van der Waals surface area contributed by atoms with Crippen molar-refractivity contribution in [2.24, 2.45) is 0 Å². The Morgan fingerprint density at radius 1 is 1.43 bits per heavy atom. The zero-order valence-corrected chi connectivity index (χ0v) is 7.45. The number of aldehydes is 2. The zero-order chi connectivity index (χ0) is 10.4. The monoisotopic (exact) mass is 194 g/mol. The number of H-pyrrole nitrogens is 1. The average Bonchev–Trinajstić information content (AvgIpc) is 2.66. The average molecular weight is 194 g/mol. The van der Waals surface area contributed by atoms with E-state index in [1.807, 2.05) is 0 Å². The van der Waals surface area contributed by atoms with E-state index in [9.17, 15) is 14.4 Å². The standard InChI is InChI=1S/C9H10N2O3/c12-5-1-4-10-9(14)8-3-2-7(6-13)11-8/h2-3,5-6,11H,1,4H2,(H,10,14). The van der Waals surface area contributed by atoms with E-state index in [1.54, 1.807) is 0 Å². The lowest BCUT2D eigenvalue weighted by atomic mass is 10.4. The van der Waals surface area contributed by atoms with Crippen molar-refractivity contribution in [1.82, 2.24) is 10.3 Å². The summed E-state index contributed by atoms with van der Waals surface area (Å²) in [4.78, 5) is 34.2. The topological polar surface area (TPSA) is 79.0 Å². The molecule has 2 N–H and O–H groups in total. The highest BCUT2D eigenvalue weighted by molar-refractivity contribution is 5.93. The van der Waals surface area contributed by atoms with E-state index in [-0.39, 0.29) is 12.3 Å². The summed E-state index contributed by atoms with van der Waals surface area (Å²) in [6.07, 6.45) is 1.64. The summed E-state index contributed by atoms with van der Waals surface area (Å²) in [6, 6.07) is 3.03. The highest BCUT2D eigenvalue weighted by Gasteiger charge is 2.06. The maximum absolute atomic E-state index is 11.3. The molecule has 1 heterocycles. The van der Waals surface area contributed by atoms with Crippen LogP contribution in [0.3, 0.4) is 0 Å². The Balaban J connectivity index is 2.51. The molecule has 0 bridgehead atoms. The number of carbonyl (C=O) groups is 3. The molecule has 14 heavy (non-hydrogen) atoms. The molecule has 1 rings (SSSR count). The highest BCUT2D eigenvalue weighted by atomic mass is 16.2. The third-order valence-electron chi connectivity index (χ3n) is 1.63. The number of nitrogens with one attached hydrogen (secondary N) is 2. The first kappa shape index (κ1) is 10.2. The predicted molar refractivity (Wildman–Crippen MR) is 49.2 cm³/mol. The number of aromatic amines is 1. The summed E-state index contributed by atoms with van der Waals surface area (Å²) in [7, 11) is 0. The van der Waals surface area contributed by atoms with Crippen LogP contribution in [0, 0.1) is 0 Å². The minimum Gasteiger partial charge on any atom is -0.350 e. The molecule has 0 aliphatic rings. The summed E-state index contributed by atoms with van der Waals surface area (Å²) >= 11 is 0. The summed E-state index contributed by atoms with van der Waals surface area (Å²) in [5, 5.41) is 2.52. The molecule has 0 spiro atoms. The van der Waals surface area contributed by atoms with E-state index in [0.29, 0.717) is 24.2 Å². The Morgan fingerprint density at radius 2 is 2.21 bits per heavy atom. The van der Waals surface area contributed by atoms with Gasteiger partial charge in [0, 0.05) is 13.0 Å². The number of amides is 1. The summed E-state index contributed by atoms with van der Waals surface area (Å²) in [6.45, 7) is 0.303. The second-order valence-electron chi connectivity index (χ2n) is 2.66. The van der Waals surface area contributed by atoms with Gasteiger partial charge in [0.25, 0.3) is 5.91 Å². The third-order valence-corrected chi connectivity index (χ3v) is 1.63. The van der Waals surface area contributed by atoms with Crippen molar-refractivity contribution >= 4 is 18.5 Å². The van der Waals surface area contributed by atoms with Crippen LogP contribution in [0.4, 0.5) is 0 Å². The van der Waals surface area contributed by atoms with Crippen LogP contribution in [0.1, 0.15) is 27.4 Å². The van der Waals surface area contributed by atoms with Gasteiger partial charge in [-0.1, -0.05) is 0 Å². The fourth-order valence-electron chi connectivity index (χ4n) is 0.953. The number of aromatic nitrogens is 1. The van der Waals surface area contributed by atoms with E-state index >= 15 is 0 Å². The van der Waals surface area contributed by atoms with Crippen molar-refractivity contribution in [3.63, 3.8) is 0 Å². The molecule has 0 saturated carbocycles. The van der Waals surface area contributed by atoms with Crippen LogP contribution in [0.15, 0.2) is 12.1 Å². The van der Waals surface area contributed by atoms with Crippen molar-refractivity contribution in [1.29, 1.82) is 0 Å². The SMILES string of the molecule is O=CCCNC(=O)c1ccc(C=O)[nH]1. The minimum atomic E-state index is -0.319. The van der Waals surface area contributed by atoms with Crippen LogP contribution in [0.25, 0.3) is 0 Å². The first-order valence-electron chi connectivity index (χ1n) is 4.14. The van der Waals surface area contributed by atoms with Gasteiger partial charge >= 0.3 is 0 Å². The second kappa shape index (κ2) is 4.96. The quantitative estimate of drug-likeness (QED) is 0.517. The van der Waals surface area contributed by atoms with E-state index in [0.717, 1.165) is 6.29 Å². The first-order valence-corrected chi connectivity index (χ1v) is 4.14. The summed E-state index contributed by atoms with van der Waals surface area (Å²) in [5.41, 5.74) is 0.670. The van der Waals surface area contributed by atoms with Crippen LogP contribution in [0.5, 0.6) is 0 Å². The van der Waals surface area contributed by atoms with Crippen molar-refractivity contribution in [3.8, 4) is 0 Å². The maximum Gasteiger partial charge on any atom is 0.267 e. The van der Waals surface area contributed by atoms with Gasteiger partial charge in [-0.15, -0.1) is 0 Å². The van der Waals surface area contributed by atoms with Gasteiger partial charge in [0.15, 0.2) is 6.29 Å². The van der Waals surface area contributed by atoms with E-state index in [1.165, 1.54) is 12.1 Å². The molecule has 0 aliphatic carbocycles. The molecule has 1 aromatic rings. The molecular weight excluding hydrogens is 184 g/mol. The second-order valence-corrected chi connectivity index (χ2v) is 2.66. The Bertz CT molecular complexity index is 344. The van der Waals surface area contributed by atoms with Gasteiger partial charge in [-0.3, -0.25) is 9.59 Å². The molecule has 74 valence electrons. The molecule has 1 amide bonds. The lowest BCUT2D eigenvalue weighted by molar-refractivity contribution is -0.107. The smallest absolute Gasteiger partial charge is 0.267 e. The molecule has 0 atom stereocenters. The van der Waals surface area contributed by atoms with E-state index in [4.69, 9.17) is 0 Å². The van der Waals surface area contributed by atoms with Crippen LogP contribution < -0.4 is 5.32 Å². The van der Waals surface area contributed by atoms with Crippen molar-refractivity contribution in [2.45, 2.75) is 6.42 Å². The zero-order valence-electron chi connectivity index (χ0n) is 7.45. The van der Waals surface area contributed by atoms with Crippen LogP contribution in [-0.2, 0) is 4.79 Å². The first-order chi connectivity index (χ1) is 6.77. The van der Waals surface area contributed by atoms with Crippen LogP contribution in [0.2, 0.25) is 0 Å². The molecule has 0 saturated heterocycles. The van der Waals surface area contributed by atoms with E-state index in [2.05, 4.69) is 10.3 Å². The fourth-order valence-corrected chi connectivity index (χ4v) is 0.953. The Hall–Kier alpha value is -1.91. The van der Waals surface area contributed by atoms with E-state index < -0.39 is 0 Å². The van der Waals surface area contributed by atoms with Crippen molar-refractivity contribution in [3.05, 3.63) is 23.5 Å². The fraction of sp³-hybridized carbons (Fsp3) is 0.222. The molecule has 0 radical (unpaired) electrons. The lowest BCUT2D eigenvalue weighted by Crippen LogP contribution is -2.24. The van der Waals surface area contributed by atoms with Gasteiger partial charge in [-0.25, -0.2) is 0 Å². The third kappa shape index (κ3) is 2.55. The largest absolute Gasteiger partial charge is 0.350 e. The maximum atomic E-state index is 11.3. The van der Waals surface area contributed by atoms with Crippen molar-refractivity contribution < 1.29 is 14.4 Å². The summed E-state index contributed by atoms with van der Waals surface area (Å²) < 4.78 is 0. The lowest BCUT2D eigenvalue weighted by Gasteiger charge is -1.99. The molecule has 1 aromatic heterocycles. The van der Waals surface area contributed by atoms with Gasteiger partial charge in [-0.2, -0.15) is 0 Å².